The van der Waals surface area contributed by atoms with Gasteiger partial charge in [0, 0.05) is 13.0 Å². The molecule has 5 unspecified atom stereocenters. The number of hydrogen-bond acceptors (Lipinski definition) is 6. The van der Waals surface area contributed by atoms with Crippen LogP contribution in [0.4, 0.5) is 0 Å². The van der Waals surface area contributed by atoms with Crippen LogP contribution >= 0.6 is 0 Å². The molecule has 0 bridgehead atoms. The van der Waals surface area contributed by atoms with Crippen LogP contribution in [-0.2, 0) is 17.7 Å². The van der Waals surface area contributed by atoms with Crippen molar-refractivity contribution in [3.05, 3.63) is 35.4 Å². The first-order valence-corrected chi connectivity index (χ1v) is 9.01. The molecule has 1 aliphatic rings. The molecular weight excluding hydrogens is 322 g/mol. The SMILES string of the molecule is CC(C)CCNCc1ccc(CC2OC(CO)C(O)C(O)C2O)cc1. The van der Waals surface area contributed by atoms with Crippen molar-refractivity contribution in [1.82, 2.24) is 5.32 Å². The van der Waals surface area contributed by atoms with Crippen LogP contribution in [0.1, 0.15) is 31.4 Å². The molecule has 6 nitrogen and oxygen atoms in total. The lowest BCUT2D eigenvalue weighted by molar-refractivity contribution is -0.228. The summed E-state index contributed by atoms with van der Waals surface area (Å²) in [5, 5.41) is 42.4. The van der Waals surface area contributed by atoms with E-state index in [0.717, 1.165) is 25.1 Å². The van der Waals surface area contributed by atoms with E-state index in [2.05, 4.69) is 19.2 Å². The number of aliphatic hydroxyl groups is 4. The molecule has 0 aliphatic carbocycles. The Labute approximate surface area is 149 Å². The molecule has 0 aromatic heterocycles. The highest BCUT2D eigenvalue weighted by Crippen LogP contribution is 2.24. The molecule has 1 aromatic carbocycles. The van der Waals surface area contributed by atoms with Crippen molar-refractivity contribution in [3.8, 4) is 0 Å². The van der Waals surface area contributed by atoms with Gasteiger partial charge in [-0.25, -0.2) is 0 Å². The first-order chi connectivity index (χ1) is 11.9. The smallest absolute Gasteiger partial charge is 0.111 e. The second-order valence-corrected chi connectivity index (χ2v) is 7.25. The summed E-state index contributed by atoms with van der Waals surface area (Å²) in [4.78, 5) is 0. The monoisotopic (exact) mass is 353 g/mol. The minimum atomic E-state index is -1.32. The fourth-order valence-electron chi connectivity index (χ4n) is 3.00. The van der Waals surface area contributed by atoms with Crippen LogP contribution in [0.25, 0.3) is 0 Å². The van der Waals surface area contributed by atoms with E-state index in [-0.39, 0.29) is 0 Å². The van der Waals surface area contributed by atoms with Crippen LogP contribution in [-0.4, -0.2) is 64.1 Å². The summed E-state index contributed by atoms with van der Waals surface area (Å²) in [6, 6.07) is 8.01. The lowest BCUT2D eigenvalue weighted by Gasteiger charge is -2.40. The molecule has 5 atom stereocenters. The zero-order chi connectivity index (χ0) is 18.4. The number of ether oxygens (including phenoxy) is 1. The minimum absolute atomic E-state index is 0.400. The molecule has 1 heterocycles. The predicted molar refractivity (Wildman–Crippen MR) is 95.1 cm³/mol. The minimum Gasteiger partial charge on any atom is -0.394 e. The quantitative estimate of drug-likeness (QED) is 0.428. The Bertz CT molecular complexity index is 505. The Balaban J connectivity index is 1.87. The number of rotatable bonds is 8. The van der Waals surface area contributed by atoms with Gasteiger partial charge in [0.2, 0.25) is 0 Å². The van der Waals surface area contributed by atoms with Crippen molar-refractivity contribution >= 4 is 0 Å². The average molecular weight is 353 g/mol. The highest BCUT2D eigenvalue weighted by molar-refractivity contribution is 5.23. The Hall–Kier alpha value is -1.02. The molecule has 0 amide bonds. The van der Waals surface area contributed by atoms with Crippen molar-refractivity contribution < 1.29 is 25.2 Å². The molecule has 1 aromatic rings. The molecule has 6 heteroatoms. The maximum Gasteiger partial charge on any atom is 0.111 e. The molecule has 2 rings (SSSR count). The number of hydrogen-bond donors (Lipinski definition) is 5. The van der Waals surface area contributed by atoms with E-state index in [1.165, 1.54) is 5.56 Å². The Morgan fingerprint density at radius 1 is 0.960 bits per heavy atom. The number of benzene rings is 1. The summed E-state index contributed by atoms with van der Waals surface area (Å²) in [6.07, 6.45) is -3.78. The Morgan fingerprint density at radius 2 is 1.56 bits per heavy atom. The molecule has 5 N–H and O–H groups in total. The number of nitrogens with one attached hydrogen (secondary N) is 1. The van der Waals surface area contributed by atoms with Crippen molar-refractivity contribution in [2.45, 2.75) is 63.8 Å². The van der Waals surface area contributed by atoms with Gasteiger partial charge in [0.1, 0.15) is 24.4 Å². The van der Waals surface area contributed by atoms with Crippen LogP contribution in [0.5, 0.6) is 0 Å². The fourth-order valence-corrected chi connectivity index (χ4v) is 3.00. The second-order valence-electron chi connectivity index (χ2n) is 7.25. The van der Waals surface area contributed by atoms with Gasteiger partial charge in [-0.3, -0.25) is 0 Å². The van der Waals surface area contributed by atoms with Gasteiger partial charge in [-0.2, -0.15) is 0 Å². The van der Waals surface area contributed by atoms with Crippen molar-refractivity contribution in [2.24, 2.45) is 5.92 Å². The first kappa shape index (κ1) is 20.3. The molecule has 1 saturated heterocycles. The van der Waals surface area contributed by atoms with E-state index in [1.807, 2.05) is 24.3 Å². The Kier molecular flexibility index (Phi) is 7.81. The maximum absolute atomic E-state index is 10.1. The van der Waals surface area contributed by atoms with Gasteiger partial charge in [-0.15, -0.1) is 0 Å². The van der Waals surface area contributed by atoms with E-state index < -0.39 is 37.1 Å². The lowest BCUT2D eigenvalue weighted by Crippen LogP contribution is -2.58. The topological polar surface area (TPSA) is 102 Å². The third kappa shape index (κ3) is 5.74. The molecule has 0 radical (unpaired) electrons. The highest BCUT2D eigenvalue weighted by Gasteiger charge is 2.43. The van der Waals surface area contributed by atoms with Crippen molar-refractivity contribution in [1.29, 1.82) is 0 Å². The second kappa shape index (κ2) is 9.62. The highest BCUT2D eigenvalue weighted by atomic mass is 16.5. The molecule has 1 fully saturated rings. The predicted octanol–water partition coefficient (Wildman–Crippen LogP) is 0.207. The van der Waals surface area contributed by atoms with Gasteiger partial charge in [0.25, 0.3) is 0 Å². The third-order valence-corrected chi connectivity index (χ3v) is 4.68. The Morgan fingerprint density at radius 3 is 2.16 bits per heavy atom. The summed E-state index contributed by atoms with van der Waals surface area (Å²) in [5.74, 6) is 0.688. The van der Waals surface area contributed by atoms with Gasteiger partial charge in [0.15, 0.2) is 0 Å². The normalized spacial score (nSPS) is 30.0. The standard InChI is InChI=1S/C19H31NO5/c1-12(2)7-8-20-10-14-5-3-13(4-6-14)9-15-17(22)19(24)18(23)16(11-21)25-15/h3-6,12,15-24H,7-11H2,1-2H3. The van der Waals surface area contributed by atoms with Crippen LogP contribution in [0.3, 0.4) is 0 Å². The average Bonchev–Trinajstić information content (AvgIpc) is 2.60. The van der Waals surface area contributed by atoms with Crippen molar-refractivity contribution in [2.75, 3.05) is 13.2 Å². The largest absolute Gasteiger partial charge is 0.394 e. The van der Waals surface area contributed by atoms with Gasteiger partial charge in [-0.1, -0.05) is 38.1 Å². The third-order valence-electron chi connectivity index (χ3n) is 4.68. The summed E-state index contributed by atoms with van der Waals surface area (Å²) in [5.41, 5.74) is 2.15. The van der Waals surface area contributed by atoms with E-state index in [4.69, 9.17) is 4.74 Å². The van der Waals surface area contributed by atoms with E-state index in [9.17, 15) is 20.4 Å². The molecule has 1 aliphatic heterocycles. The summed E-state index contributed by atoms with van der Waals surface area (Å²) in [6.45, 7) is 5.81. The summed E-state index contributed by atoms with van der Waals surface area (Å²) in [7, 11) is 0. The summed E-state index contributed by atoms with van der Waals surface area (Å²) < 4.78 is 5.54. The zero-order valence-electron chi connectivity index (χ0n) is 15.0. The van der Waals surface area contributed by atoms with Gasteiger partial charge >= 0.3 is 0 Å². The zero-order valence-corrected chi connectivity index (χ0v) is 15.0. The van der Waals surface area contributed by atoms with Crippen LogP contribution in [0, 0.1) is 5.92 Å². The van der Waals surface area contributed by atoms with Gasteiger partial charge in [0.05, 0.1) is 12.7 Å². The molecular formula is C19H31NO5. The van der Waals surface area contributed by atoms with Crippen LogP contribution in [0.15, 0.2) is 24.3 Å². The van der Waals surface area contributed by atoms with Gasteiger partial charge < -0.3 is 30.5 Å². The van der Waals surface area contributed by atoms with Crippen LogP contribution < -0.4 is 5.32 Å². The van der Waals surface area contributed by atoms with Gasteiger partial charge in [-0.05, 0) is 30.0 Å². The van der Waals surface area contributed by atoms with Crippen LogP contribution in [0.2, 0.25) is 0 Å². The van der Waals surface area contributed by atoms with Crippen molar-refractivity contribution in [3.63, 3.8) is 0 Å². The lowest BCUT2D eigenvalue weighted by atomic mass is 9.91. The molecule has 0 saturated carbocycles. The summed E-state index contributed by atoms with van der Waals surface area (Å²) >= 11 is 0. The molecule has 25 heavy (non-hydrogen) atoms. The molecule has 0 spiro atoms. The van der Waals surface area contributed by atoms with E-state index >= 15 is 0 Å². The molecule has 142 valence electrons. The fraction of sp³-hybridized carbons (Fsp3) is 0.684. The van der Waals surface area contributed by atoms with E-state index in [0.29, 0.717) is 12.3 Å². The number of aliphatic hydroxyl groups excluding tert-OH is 4. The maximum atomic E-state index is 10.1. The first-order valence-electron chi connectivity index (χ1n) is 9.01. The van der Waals surface area contributed by atoms with E-state index in [1.54, 1.807) is 0 Å².